The first-order chi connectivity index (χ1) is 8.91. The topological polar surface area (TPSA) is 60.2 Å². The minimum absolute atomic E-state index is 0.0163. The molecule has 2 atom stereocenters. The van der Waals surface area contributed by atoms with E-state index in [-0.39, 0.29) is 17.6 Å². The lowest BCUT2D eigenvalue weighted by Gasteiger charge is -2.37. The summed E-state index contributed by atoms with van der Waals surface area (Å²) in [7, 11) is 1.75. The Balaban J connectivity index is 3.10. The van der Waals surface area contributed by atoms with Crippen LogP contribution in [0, 0.1) is 5.41 Å². The molecule has 108 valence electrons. The molecule has 0 aliphatic carbocycles. The normalized spacial score (nSPS) is 15.2. The van der Waals surface area contributed by atoms with Crippen molar-refractivity contribution in [1.29, 1.82) is 0 Å². The molecule has 4 heteroatoms. The number of pyridine rings is 1. The zero-order valence-electron chi connectivity index (χ0n) is 12.7. The third-order valence-corrected chi connectivity index (χ3v) is 3.25. The number of hydrogen-bond acceptors (Lipinski definition) is 4. The highest BCUT2D eigenvalue weighted by Crippen LogP contribution is 2.34. The molecule has 0 bridgehead atoms. The molecule has 0 aromatic carbocycles. The highest BCUT2D eigenvalue weighted by atomic mass is 16.5. The van der Waals surface area contributed by atoms with Gasteiger partial charge in [-0.3, -0.25) is 4.98 Å². The molecule has 1 rings (SSSR count). The summed E-state index contributed by atoms with van der Waals surface area (Å²) in [4.78, 5) is 4.20. The number of ether oxygens (including phenoxy) is 1. The molecule has 1 heterocycles. The van der Waals surface area contributed by atoms with E-state index in [4.69, 9.17) is 10.5 Å². The molecule has 0 spiro atoms. The highest BCUT2D eigenvalue weighted by molar-refractivity contribution is 5.46. The number of rotatable bonds is 6. The number of hydrogen-bond donors (Lipinski definition) is 2. The van der Waals surface area contributed by atoms with Gasteiger partial charge in [0.1, 0.15) is 0 Å². The van der Waals surface area contributed by atoms with Gasteiger partial charge in [-0.1, -0.05) is 27.7 Å². The maximum Gasteiger partial charge on any atom is 0.0815 e. The van der Waals surface area contributed by atoms with Crippen molar-refractivity contribution in [2.75, 3.05) is 19.4 Å². The average molecular weight is 265 g/mol. The summed E-state index contributed by atoms with van der Waals surface area (Å²) in [5.74, 6) is 0. The molecule has 0 fully saturated rings. The van der Waals surface area contributed by atoms with E-state index >= 15 is 0 Å². The molecule has 3 N–H and O–H groups in total. The molecule has 0 radical (unpaired) electrons. The maximum absolute atomic E-state index is 6.09. The van der Waals surface area contributed by atoms with Gasteiger partial charge in [0.25, 0.3) is 0 Å². The van der Waals surface area contributed by atoms with Crippen LogP contribution < -0.4 is 11.1 Å². The molecular formula is C15H27N3O. The van der Waals surface area contributed by atoms with Gasteiger partial charge in [0.05, 0.1) is 12.1 Å². The Kier molecular flexibility index (Phi) is 5.76. The molecule has 1 aromatic rings. The summed E-state index contributed by atoms with van der Waals surface area (Å²) in [6.45, 7) is 9.60. The molecule has 2 unspecified atom stereocenters. The van der Waals surface area contributed by atoms with Crippen LogP contribution in [0.4, 0.5) is 5.69 Å². The Morgan fingerprint density at radius 3 is 2.58 bits per heavy atom. The van der Waals surface area contributed by atoms with Crippen LogP contribution in [0.1, 0.15) is 45.7 Å². The van der Waals surface area contributed by atoms with Crippen LogP contribution in [0.25, 0.3) is 0 Å². The molecule has 19 heavy (non-hydrogen) atoms. The number of nitrogens with one attached hydrogen (secondary N) is 1. The summed E-state index contributed by atoms with van der Waals surface area (Å²) in [6.07, 6.45) is 4.65. The third kappa shape index (κ3) is 4.18. The Labute approximate surface area is 116 Å². The number of anilines is 1. The minimum atomic E-state index is 0.0163. The summed E-state index contributed by atoms with van der Waals surface area (Å²) < 4.78 is 5.74. The van der Waals surface area contributed by atoms with E-state index in [1.165, 1.54) is 0 Å². The summed E-state index contributed by atoms with van der Waals surface area (Å²) in [5.41, 5.74) is 7.88. The van der Waals surface area contributed by atoms with Crippen LogP contribution in [0.2, 0.25) is 0 Å². The second-order valence-electron chi connectivity index (χ2n) is 5.96. The fraction of sp³-hybridized carbons (Fsp3) is 0.667. The first-order valence-electron chi connectivity index (χ1n) is 6.87. The highest BCUT2D eigenvalue weighted by Gasteiger charge is 2.34. The second kappa shape index (κ2) is 6.87. The first kappa shape index (κ1) is 15.9. The van der Waals surface area contributed by atoms with Gasteiger partial charge in [0.15, 0.2) is 0 Å². The standard InChI is InChI=1S/C15H27N3O/c1-6-8-18-13(14(19-5)15(2,3)4)11-10-17-9-7-12(11)16/h7,9-10,13-14,18H,6,8H2,1-5H3,(H2,16,17). The minimum Gasteiger partial charge on any atom is -0.398 e. The van der Waals surface area contributed by atoms with Gasteiger partial charge >= 0.3 is 0 Å². The lowest BCUT2D eigenvalue weighted by Crippen LogP contribution is -2.42. The van der Waals surface area contributed by atoms with Gasteiger partial charge < -0.3 is 15.8 Å². The zero-order chi connectivity index (χ0) is 14.5. The summed E-state index contributed by atoms with van der Waals surface area (Å²) in [6, 6.07) is 1.89. The van der Waals surface area contributed by atoms with Crippen molar-refractivity contribution in [2.24, 2.45) is 5.41 Å². The molecule has 0 aliphatic heterocycles. The van der Waals surface area contributed by atoms with Crippen LogP contribution in [-0.2, 0) is 4.74 Å². The van der Waals surface area contributed by atoms with Gasteiger partial charge in [-0.25, -0.2) is 0 Å². The molecule has 4 nitrogen and oxygen atoms in total. The van der Waals surface area contributed by atoms with E-state index in [2.05, 4.69) is 38.0 Å². The average Bonchev–Trinajstić information content (AvgIpc) is 2.34. The maximum atomic E-state index is 6.09. The fourth-order valence-electron chi connectivity index (χ4n) is 2.35. The monoisotopic (exact) mass is 265 g/mol. The van der Waals surface area contributed by atoms with Crippen molar-refractivity contribution in [3.8, 4) is 0 Å². The lowest BCUT2D eigenvalue weighted by atomic mass is 9.82. The summed E-state index contributed by atoms with van der Waals surface area (Å²) >= 11 is 0. The Morgan fingerprint density at radius 2 is 2.11 bits per heavy atom. The fourth-order valence-corrected chi connectivity index (χ4v) is 2.35. The van der Waals surface area contributed by atoms with Gasteiger partial charge in [-0.2, -0.15) is 0 Å². The van der Waals surface area contributed by atoms with Crippen LogP contribution in [-0.4, -0.2) is 24.7 Å². The van der Waals surface area contributed by atoms with Gasteiger partial charge in [-0.15, -0.1) is 0 Å². The number of methoxy groups -OCH3 is 1. The van der Waals surface area contributed by atoms with Gasteiger partial charge in [0, 0.05) is 30.8 Å². The van der Waals surface area contributed by atoms with Crippen molar-refractivity contribution in [3.63, 3.8) is 0 Å². The van der Waals surface area contributed by atoms with Crippen molar-refractivity contribution >= 4 is 5.69 Å². The summed E-state index contributed by atoms with van der Waals surface area (Å²) in [5, 5.41) is 3.54. The number of nitrogen functional groups attached to an aromatic ring is 1. The Hall–Kier alpha value is -1.13. The van der Waals surface area contributed by atoms with Crippen molar-refractivity contribution < 1.29 is 4.74 Å². The molecule has 0 amide bonds. The van der Waals surface area contributed by atoms with Gasteiger partial charge in [0.2, 0.25) is 0 Å². The molecule has 0 aliphatic rings. The van der Waals surface area contributed by atoms with Gasteiger partial charge in [-0.05, 0) is 24.4 Å². The van der Waals surface area contributed by atoms with Crippen LogP contribution >= 0.6 is 0 Å². The first-order valence-corrected chi connectivity index (χ1v) is 6.87. The Bertz CT molecular complexity index is 387. The van der Waals surface area contributed by atoms with E-state index in [0.717, 1.165) is 24.2 Å². The van der Waals surface area contributed by atoms with Crippen molar-refractivity contribution in [3.05, 3.63) is 24.0 Å². The lowest BCUT2D eigenvalue weighted by molar-refractivity contribution is -0.0118. The molecule has 0 saturated heterocycles. The SMILES string of the molecule is CCCNC(c1cnccc1N)C(OC)C(C)(C)C. The van der Waals surface area contributed by atoms with E-state index < -0.39 is 0 Å². The van der Waals surface area contributed by atoms with Crippen molar-refractivity contribution in [2.45, 2.75) is 46.3 Å². The van der Waals surface area contributed by atoms with Crippen LogP contribution in [0.15, 0.2) is 18.5 Å². The van der Waals surface area contributed by atoms with E-state index in [0.29, 0.717) is 0 Å². The number of nitrogens with two attached hydrogens (primary N) is 1. The number of nitrogens with zero attached hydrogens (tertiary/aromatic N) is 1. The van der Waals surface area contributed by atoms with Crippen LogP contribution in [0.5, 0.6) is 0 Å². The molecular weight excluding hydrogens is 238 g/mol. The smallest absolute Gasteiger partial charge is 0.0815 e. The predicted molar refractivity (Wildman–Crippen MR) is 79.9 cm³/mol. The predicted octanol–water partition coefficient (Wildman–Crippen LogP) is 2.77. The van der Waals surface area contributed by atoms with E-state index in [9.17, 15) is 0 Å². The van der Waals surface area contributed by atoms with Crippen LogP contribution in [0.3, 0.4) is 0 Å². The molecule has 1 aromatic heterocycles. The van der Waals surface area contributed by atoms with Crippen molar-refractivity contribution in [1.82, 2.24) is 10.3 Å². The second-order valence-corrected chi connectivity index (χ2v) is 5.96. The largest absolute Gasteiger partial charge is 0.398 e. The van der Waals surface area contributed by atoms with E-state index in [1.807, 2.05) is 12.3 Å². The third-order valence-electron chi connectivity index (χ3n) is 3.25. The van der Waals surface area contributed by atoms with E-state index in [1.54, 1.807) is 13.3 Å². The zero-order valence-corrected chi connectivity index (χ0v) is 12.7. The Morgan fingerprint density at radius 1 is 1.42 bits per heavy atom. The number of aromatic nitrogens is 1. The molecule has 0 saturated carbocycles. The quantitative estimate of drug-likeness (QED) is 0.830.